The van der Waals surface area contributed by atoms with Gasteiger partial charge in [-0.2, -0.15) is 0 Å². The Morgan fingerprint density at radius 3 is 2.22 bits per heavy atom. The highest BCUT2D eigenvalue weighted by Crippen LogP contribution is 2.20. The molecule has 5 amide bonds. The van der Waals surface area contributed by atoms with Crippen LogP contribution in [-0.4, -0.2) is 101 Å². The zero-order valence-electron chi connectivity index (χ0n) is 28.8. The van der Waals surface area contributed by atoms with Gasteiger partial charge in [0.05, 0.1) is 6.04 Å². The summed E-state index contributed by atoms with van der Waals surface area (Å²) in [5, 5.41) is 19.6. The second-order valence-electron chi connectivity index (χ2n) is 12.7. The van der Waals surface area contributed by atoms with E-state index in [1.807, 2.05) is 20.8 Å². The first-order valence-electron chi connectivity index (χ1n) is 16.7. The lowest BCUT2D eigenvalue weighted by molar-refractivity contribution is -0.141. The summed E-state index contributed by atoms with van der Waals surface area (Å²) in [6, 6.07) is 3.90. The summed E-state index contributed by atoms with van der Waals surface area (Å²) in [5.41, 5.74) is 17.7. The number of amides is 5. The second kappa shape index (κ2) is 19.9. The number of carbonyl (C=O) groups excluding carboxylic acids is 5. The minimum Gasteiger partial charge on any atom is -0.480 e. The summed E-state index contributed by atoms with van der Waals surface area (Å²) in [5.74, 6) is -4.78. The standard InChI is InChI=1S/C33H53N9O7/c1-5-20(4)27(31(48)40-23(28(45)38-18-25(43)44)17-21-11-7-6-8-12-21)41-29(46)22(13-9-15-37-33(35)36)39-30(47)24-14-10-16-42(24)32(49)26(34)19(2)3/h6-8,11-12,19-20,22-24,26-27H,5,9-10,13-18,34H2,1-4H3,(H,38,45)(H,39,47)(H,40,48)(H,41,46)(H,43,44)(H4,35,36,37)/t20-,22-,23-,24-,26-,27-/m0/s1. The maximum absolute atomic E-state index is 13.8. The first-order chi connectivity index (χ1) is 23.2. The summed E-state index contributed by atoms with van der Waals surface area (Å²) < 4.78 is 0. The Hall–Kier alpha value is -4.73. The Kier molecular flexibility index (Phi) is 16.5. The van der Waals surface area contributed by atoms with Crippen molar-refractivity contribution in [1.29, 1.82) is 0 Å². The predicted octanol–water partition coefficient (Wildman–Crippen LogP) is -1.04. The van der Waals surface area contributed by atoms with Crippen LogP contribution < -0.4 is 38.5 Å². The third kappa shape index (κ3) is 13.0. The molecule has 272 valence electrons. The summed E-state index contributed by atoms with van der Waals surface area (Å²) in [7, 11) is 0. The normalized spacial score (nSPS) is 17.2. The fraction of sp³-hybridized carbons (Fsp3) is 0.606. The molecule has 16 heteroatoms. The minimum atomic E-state index is -1.25. The van der Waals surface area contributed by atoms with Crippen molar-refractivity contribution in [1.82, 2.24) is 26.2 Å². The van der Waals surface area contributed by atoms with Gasteiger partial charge < -0.3 is 48.5 Å². The van der Waals surface area contributed by atoms with Gasteiger partial charge in [0.1, 0.15) is 30.7 Å². The number of carboxylic acid groups (broad SMARTS) is 1. The molecule has 1 heterocycles. The van der Waals surface area contributed by atoms with Gasteiger partial charge in [-0.05, 0) is 43.1 Å². The van der Waals surface area contributed by atoms with E-state index in [2.05, 4.69) is 26.3 Å². The molecule has 2 rings (SSSR count). The van der Waals surface area contributed by atoms with Crippen molar-refractivity contribution in [3.05, 3.63) is 35.9 Å². The molecule has 1 fully saturated rings. The van der Waals surface area contributed by atoms with E-state index in [4.69, 9.17) is 22.3 Å². The number of likely N-dealkylation sites (tertiary alicyclic amines) is 1. The van der Waals surface area contributed by atoms with Gasteiger partial charge in [-0.25, -0.2) is 0 Å². The molecule has 49 heavy (non-hydrogen) atoms. The lowest BCUT2D eigenvalue weighted by Gasteiger charge is -2.30. The number of aliphatic imine (C=N–C) groups is 1. The molecule has 16 nitrogen and oxygen atoms in total. The van der Waals surface area contributed by atoms with Crippen LogP contribution in [0.1, 0.15) is 65.4 Å². The molecule has 0 bridgehead atoms. The van der Waals surface area contributed by atoms with Gasteiger partial charge in [0, 0.05) is 19.5 Å². The molecule has 0 saturated carbocycles. The van der Waals surface area contributed by atoms with Gasteiger partial charge in [0.25, 0.3) is 0 Å². The molecule has 1 aromatic rings. The largest absolute Gasteiger partial charge is 0.480 e. The van der Waals surface area contributed by atoms with Gasteiger partial charge in [-0.1, -0.05) is 64.4 Å². The van der Waals surface area contributed by atoms with E-state index < -0.39 is 72.3 Å². The van der Waals surface area contributed by atoms with Crippen molar-refractivity contribution in [2.45, 2.75) is 96.4 Å². The average Bonchev–Trinajstić information content (AvgIpc) is 3.56. The van der Waals surface area contributed by atoms with Gasteiger partial charge in [-0.3, -0.25) is 33.8 Å². The zero-order chi connectivity index (χ0) is 36.7. The summed E-state index contributed by atoms with van der Waals surface area (Å²) in [6.45, 7) is 7.13. The molecule has 0 unspecified atom stereocenters. The van der Waals surface area contributed by atoms with E-state index in [1.165, 1.54) is 4.90 Å². The van der Waals surface area contributed by atoms with Crippen molar-refractivity contribution in [3.63, 3.8) is 0 Å². The van der Waals surface area contributed by atoms with Crippen LogP contribution >= 0.6 is 0 Å². The Morgan fingerprint density at radius 1 is 0.959 bits per heavy atom. The number of carbonyl (C=O) groups is 6. The SMILES string of the molecule is CC[C@H](C)[C@H](NC(=O)[C@H](CCCN=C(N)N)NC(=O)[C@@H]1CCCN1C(=O)[C@@H](N)C(C)C)C(=O)N[C@@H](Cc1ccccc1)C(=O)NCC(=O)O. The fourth-order valence-electron chi connectivity index (χ4n) is 5.38. The van der Waals surface area contributed by atoms with E-state index in [-0.39, 0.29) is 37.2 Å². The van der Waals surface area contributed by atoms with E-state index in [9.17, 15) is 28.8 Å². The van der Waals surface area contributed by atoms with Crippen LogP contribution in [-0.2, 0) is 35.2 Å². The quantitative estimate of drug-likeness (QED) is 0.0497. The fourth-order valence-corrected chi connectivity index (χ4v) is 5.38. The lowest BCUT2D eigenvalue weighted by Crippen LogP contribution is -2.60. The first kappa shape index (κ1) is 40.4. The van der Waals surface area contributed by atoms with Gasteiger partial charge in [-0.15, -0.1) is 0 Å². The predicted molar refractivity (Wildman–Crippen MR) is 183 cm³/mol. The van der Waals surface area contributed by atoms with E-state index >= 15 is 0 Å². The molecule has 1 aliphatic heterocycles. The van der Waals surface area contributed by atoms with E-state index in [0.717, 1.165) is 5.56 Å². The van der Waals surface area contributed by atoms with Gasteiger partial charge >= 0.3 is 5.97 Å². The summed E-state index contributed by atoms with van der Waals surface area (Å²) >= 11 is 0. The minimum absolute atomic E-state index is 0.0692. The van der Waals surface area contributed by atoms with E-state index in [1.54, 1.807) is 37.3 Å². The highest BCUT2D eigenvalue weighted by atomic mass is 16.4. The molecule has 0 radical (unpaired) electrons. The van der Waals surface area contributed by atoms with Crippen LogP contribution in [0.25, 0.3) is 0 Å². The van der Waals surface area contributed by atoms with Crippen LogP contribution in [0.3, 0.4) is 0 Å². The Balaban J connectivity index is 2.29. The number of aliphatic carboxylic acids is 1. The van der Waals surface area contributed by atoms with Gasteiger partial charge in [0.2, 0.25) is 29.5 Å². The van der Waals surface area contributed by atoms with Crippen molar-refractivity contribution in [2.75, 3.05) is 19.6 Å². The molecule has 1 aliphatic rings. The first-order valence-corrected chi connectivity index (χ1v) is 16.7. The maximum atomic E-state index is 13.8. The summed E-state index contributed by atoms with van der Waals surface area (Å²) in [4.78, 5) is 83.7. The summed E-state index contributed by atoms with van der Waals surface area (Å²) in [6.07, 6.45) is 1.96. The molecular formula is C33H53N9O7. The number of rotatable bonds is 19. The van der Waals surface area contributed by atoms with Crippen molar-refractivity contribution >= 4 is 41.5 Å². The van der Waals surface area contributed by atoms with Gasteiger partial charge in [0.15, 0.2) is 5.96 Å². The Morgan fingerprint density at radius 2 is 1.63 bits per heavy atom. The highest BCUT2D eigenvalue weighted by Gasteiger charge is 2.39. The Labute approximate surface area is 287 Å². The molecule has 0 spiro atoms. The number of guanidine groups is 1. The lowest BCUT2D eigenvalue weighted by atomic mass is 9.96. The monoisotopic (exact) mass is 687 g/mol. The number of nitrogens with zero attached hydrogens (tertiary/aromatic N) is 2. The molecular weight excluding hydrogens is 634 g/mol. The molecule has 1 aromatic carbocycles. The zero-order valence-corrected chi connectivity index (χ0v) is 28.8. The third-order valence-electron chi connectivity index (χ3n) is 8.54. The highest BCUT2D eigenvalue weighted by molar-refractivity contribution is 5.96. The number of hydrogen-bond donors (Lipinski definition) is 8. The number of nitrogens with two attached hydrogens (primary N) is 3. The smallest absolute Gasteiger partial charge is 0.322 e. The van der Waals surface area contributed by atoms with Crippen molar-refractivity contribution in [2.24, 2.45) is 34.0 Å². The molecule has 0 aromatic heterocycles. The molecule has 6 atom stereocenters. The van der Waals surface area contributed by atoms with Crippen LogP contribution in [0.15, 0.2) is 35.3 Å². The molecule has 0 aliphatic carbocycles. The maximum Gasteiger partial charge on any atom is 0.322 e. The number of carboxylic acids is 1. The van der Waals surface area contributed by atoms with Crippen LogP contribution in [0.4, 0.5) is 0 Å². The topological polar surface area (TPSA) is 264 Å². The van der Waals surface area contributed by atoms with Crippen molar-refractivity contribution in [3.8, 4) is 0 Å². The number of nitrogens with one attached hydrogen (secondary N) is 4. The van der Waals surface area contributed by atoms with Crippen molar-refractivity contribution < 1.29 is 33.9 Å². The molecule has 1 saturated heterocycles. The van der Waals surface area contributed by atoms with E-state index in [0.29, 0.717) is 32.2 Å². The molecule has 11 N–H and O–H groups in total. The second-order valence-corrected chi connectivity index (χ2v) is 12.7. The van der Waals surface area contributed by atoms with Crippen LogP contribution in [0.5, 0.6) is 0 Å². The third-order valence-corrected chi connectivity index (χ3v) is 8.54. The van der Waals surface area contributed by atoms with Crippen LogP contribution in [0, 0.1) is 11.8 Å². The number of benzene rings is 1. The average molecular weight is 688 g/mol. The van der Waals surface area contributed by atoms with Crippen LogP contribution in [0.2, 0.25) is 0 Å². The Bertz CT molecular complexity index is 1320. The number of hydrogen-bond acceptors (Lipinski definition) is 8.